The Morgan fingerprint density at radius 2 is 2.57 bits per heavy atom. The summed E-state index contributed by atoms with van der Waals surface area (Å²) in [7, 11) is 0. The average Bonchev–Trinajstić information content (AvgIpc) is 1.61. The van der Waals surface area contributed by atoms with E-state index in [0.29, 0.717) is 11.6 Å². The Hall–Kier alpha value is -0.170. The lowest BCUT2D eigenvalue weighted by Crippen LogP contribution is -1.71. The molecule has 3 heteroatoms. The first-order chi connectivity index (χ1) is 3.27. The number of rotatable bonds is 2. The van der Waals surface area contributed by atoms with Gasteiger partial charge in [0.1, 0.15) is 0 Å². The summed E-state index contributed by atoms with van der Waals surface area (Å²) >= 11 is 9.54. The molecule has 0 aromatic rings. The Bertz CT molecular complexity index is 115. The van der Waals surface area contributed by atoms with Crippen LogP contribution in [-0.2, 0) is 0 Å². The predicted octanol–water partition coefficient (Wildman–Crippen LogP) is 1.84. The van der Waals surface area contributed by atoms with E-state index in [1.165, 1.54) is 0 Å². The van der Waals surface area contributed by atoms with Crippen LogP contribution in [0.25, 0.3) is 0 Å². The Morgan fingerprint density at radius 3 is 2.71 bits per heavy atom. The Labute approximate surface area is 52.7 Å². The maximum absolute atomic E-state index is 5.28. The summed E-state index contributed by atoms with van der Waals surface area (Å²) in [5, 5.41) is 2.65. The van der Waals surface area contributed by atoms with E-state index in [0.717, 1.165) is 0 Å². The molecule has 0 bridgehead atoms. The quantitative estimate of drug-likeness (QED) is 0.414. The zero-order valence-electron chi connectivity index (χ0n) is 3.65. The summed E-state index contributed by atoms with van der Waals surface area (Å²) in [6, 6.07) is 0. The van der Waals surface area contributed by atoms with Crippen molar-refractivity contribution in [2.45, 2.75) is 0 Å². The van der Waals surface area contributed by atoms with Gasteiger partial charge in [-0.3, -0.25) is 0 Å². The van der Waals surface area contributed by atoms with E-state index >= 15 is 0 Å². The Kier molecular flexibility index (Phi) is 3.90. The van der Waals surface area contributed by atoms with Gasteiger partial charge in [-0.2, -0.15) is 0 Å². The summed E-state index contributed by atoms with van der Waals surface area (Å²) in [6.45, 7) is 3.76. The molecule has 0 amide bonds. The number of halogens is 1. The molecular weight excluding hydrogens is 130 g/mol. The predicted molar refractivity (Wildman–Crippen MR) is 34.9 cm³/mol. The van der Waals surface area contributed by atoms with Gasteiger partial charge in [0.25, 0.3) is 0 Å². The van der Waals surface area contributed by atoms with E-state index < -0.39 is 0 Å². The monoisotopic (exact) mass is 133 g/mol. The van der Waals surface area contributed by atoms with Crippen LogP contribution in [-0.4, -0.2) is 11.7 Å². The summed E-state index contributed by atoms with van der Waals surface area (Å²) in [4.78, 5) is 3.50. The lowest BCUT2D eigenvalue weighted by Gasteiger charge is -1.79. The number of isothiocyanates is 1. The van der Waals surface area contributed by atoms with Gasteiger partial charge in [0.15, 0.2) is 0 Å². The molecular formula is C4H4ClNS. The lowest BCUT2D eigenvalue weighted by atomic mass is 10.6. The van der Waals surface area contributed by atoms with Crippen LogP contribution in [0.1, 0.15) is 0 Å². The van der Waals surface area contributed by atoms with Crippen LogP contribution < -0.4 is 0 Å². The van der Waals surface area contributed by atoms with Crippen molar-refractivity contribution in [3.05, 3.63) is 11.6 Å². The lowest BCUT2D eigenvalue weighted by molar-refractivity contribution is 1.25. The molecule has 0 aliphatic rings. The Morgan fingerprint density at radius 1 is 2.00 bits per heavy atom. The van der Waals surface area contributed by atoms with E-state index in [1.54, 1.807) is 0 Å². The van der Waals surface area contributed by atoms with E-state index in [4.69, 9.17) is 11.6 Å². The minimum atomic E-state index is 0.380. The van der Waals surface area contributed by atoms with Crippen LogP contribution in [0.3, 0.4) is 0 Å². The molecule has 0 saturated heterocycles. The van der Waals surface area contributed by atoms with E-state index in [2.05, 4.69) is 29.0 Å². The first-order valence-electron chi connectivity index (χ1n) is 1.64. The van der Waals surface area contributed by atoms with Crippen LogP contribution >= 0.6 is 23.8 Å². The molecule has 38 valence electrons. The summed E-state index contributed by atoms with van der Waals surface area (Å²) in [5.41, 5.74) is 0. The van der Waals surface area contributed by atoms with Gasteiger partial charge in [0.05, 0.1) is 11.7 Å². The van der Waals surface area contributed by atoms with Gasteiger partial charge in [-0.05, 0) is 12.2 Å². The van der Waals surface area contributed by atoms with Crippen molar-refractivity contribution in [2.24, 2.45) is 4.99 Å². The van der Waals surface area contributed by atoms with Gasteiger partial charge < -0.3 is 0 Å². The third-order valence-corrected chi connectivity index (χ3v) is 0.564. The van der Waals surface area contributed by atoms with E-state index in [-0.39, 0.29) is 0 Å². The topological polar surface area (TPSA) is 12.4 Å². The maximum atomic E-state index is 5.28. The van der Waals surface area contributed by atoms with Crippen molar-refractivity contribution in [1.29, 1.82) is 0 Å². The highest BCUT2D eigenvalue weighted by atomic mass is 35.5. The van der Waals surface area contributed by atoms with Crippen LogP contribution in [0, 0.1) is 0 Å². The number of thiocarbonyl (C=S) groups is 1. The van der Waals surface area contributed by atoms with Crippen LogP contribution in [0.15, 0.2) is 16.6 Å². The second kappa shape index (κ2) is 4.00. The zero-order chi connectivity index (χ0) is 5.70. The van der Waals surface area contributed by atoms with Crippen molar-refractivity contribution < 1.29 is 0 Å². The maximum Gasteiger partial charge on any atom is 0.0843 e. The second-order valence-corrected chi connectivity index (χ2v) is 1.64. The van der Waals surface area contributed by atoms with Gasteiger partial charge in [0, 0.05) is 5.03 Å². The molecule has 0 spiro atoms. The van der Waals surface area contributed by atoms with Crippen molar-refractivity contribution in [2.75, 3.05) is 6.54 Å². The standard InChI is InChI=1S/C4H4ClNS/c1-4(5)2-6-3-7/h1-2H2. The third-order valence-electron chi connectivity index (χ3n) is 0.315. The van der Waals surface area contributed by atoms with E-state index in [1.807, 2.05) is 0 Å². The van der Waals surface area contributed by atoms with E-state index in [9.17, 15) is 0 Å². The summed E-state index contributed by atoms with van der Waals surface area (Å²) in [6.07, 6.45) is 0. The largest absolute Gasteiger partial charge is 0.227 e. The molecule has 0 atom stereocenters. The number of hydrogen-bond acceptors (Lipinski definition) is 2. The third kappa shape index (κ3) is 5.83. The molecule has 0 fully saturated rings. The first kappa shape index (κ1) is 6.83. The van der Waals surface area contributed by atoms with Crippen molar-refractivity contribution in [3.63, 3.8) is 0 Å². The van der Waals surface area contributed by atoms with Gasteiger partial charge in [-0.15, -0.1) is 0 Å². The van der Waals surface area contributed by atoms with Gasteiger partial charge >= 0.3 is 0 Å². The highest BCUT2D eigenvalue weighted by molar-refractivity contribution is 7.78. The average molecular weight is 134 g/mol. The SMILES string of the molecule is C=C(Cl)CN=C=S. The summed E-state index contributed by atoms with van der Waals surface area (Å²) in [5.74, 6) is 0. The molecule has 0 rings (SSSR count). The van der Waals surface area contributed by atoms with Crippen molar-refractivity contribution >= 4 is 29.0 Å². The molecule has 0 N–H and O–H groups in total. The fourth-order valence-electron chi connectivity index (χ4n) is 0.118. The van der Waals surface area contributed by atoms with Crippen LogP contribution in [0.2, 0.25) is 0 Å². The molecule has 0 aliphatic heterocycles. The number of hydrogen-bond donors (Lipinski definition) is 0. The Balaban J connectivity index is 3.32. The molecule has 1 nitrogen and oxygen atoms in total. The molecule has 0 heterocycles. The normalized spacial score (nSPS) is 7.00. The molecule has 0 aliphatic carbocycles. The highest BCUT2D eigenvalue weighted by Crippen LogP contribution is 1.93. The first-order valence-corrected chi connectivity index (χ1v) is 2.43. The zero-order valence-corrected chi connectivity index (χ0v) is 5.22. The fraction of sp³-hybridized carbons (Fsp3) is 0.250. The summed E-state index contributed by atoms with van der Waals surface area (Å²) < 4.78 is 0. The van der Waals surface area contributed by atoms with Crippen LogP contribution in [0.5, 0.6) is 0 Å². The minimum absolute atomic E-state index is 0.380. The molecule has 0 aromatic carbocycles. The highest BCUT2D eigenvalue weighted by Gasteiger charge is 1.77. The van der Waals surface area contributed by atoms with Gasteiger partial charge in [0.2, 0.25) is 0 Å². The van der Waals surface area contributed by atoms with Gasteiger partial charge in [-0.25, -0.2) is 4.99 Å². The minimum Gasteiger partial charge on any atom is -0.227 e. The number of nitrogens with zero attached hydrogens (tertiary/aromatic N) is 1. The second-order valence-electron chi connectivity index (χ2n) is 0.925. The molecule has 0 radical (unpaired) electrons. The van der Waals surface area contributed by atoms with Crippen molar-refractivity contribution in [1.82, 2.24) is 0 Å². The smallest absolute Gasteiger partial charge is 0.0843 e. The van der Waals surface area contributed by atoms with Gasteiger partial charge in [-0.1, -0.05) is 18.2 Å². The molecule has 0 aromatic heterocycles. The van der Waals surface area contributed by atoms with Crippen LogP contribution in [0.4, 0.5) is 0 Å². The molecule has 0 unspecified atom stereocenters. The fourth-order valence-corrected chi connectivity index (χ4v) is 0.242. The van der Waals surface area contributed by atoms with Crippen molar-refractivity contribution in [3.8, 4) is 0 Å². The molecule has 7 heavy (non-hydrogen) atoms. The molecule has 0 saturated carbocycles. The number of aliphatic imine (C=N–C) groups is 1.